The molecule has 3 heteroatoms. The molecule has 1 aromatic rings. The van der Waals surface area contributed by atoms with Crippen LogP contribution in [-0.4, -0.2) is 29.2 Å². The molecule has 1 N–H and O–H groups in total. The maximum Gasteiger partial charge on any atom is 0.0695 e. The van der Waals surface area contributed by atoms with E-state index in [1.807, 2.05) is 6.07 Å². The van der Waals surface area contributed by atoms with Gasteiger partial charge in [-0.3, -0.25) is 4.90 Å². The van der Waals surface area contributed by atoms with Crippen LogP contribution in [0.15, 0.2) is 28.7 Å². The van der Waals surface area contributed by atoms with Crippen molar-refractivity contribution in [2.75, 3.05) is 7.05 Å². The van der Waals surface area contributed by atoms with Crippen LogP contribution in [0.4, 0.5) is 0 Å². The quantitative estimate of drug-likeness (QED) is 0.922. The summed E-state index contributed by atoms with van der Waals surface area (Å²) in [6.45, 7) is 0.904. The van der Waals surface area contributed by atoms with Gasteiger partial charge in [-0.15, -0.1) is 0 Å². The second kappa shape index (κ2) is 5.30. The first-order valence-corrected chi connectivity index (χ1v) is 6.59. The fraction of sp³-hybridized carbons (Fsp3) is 0.538. The van der Waals surface area contributed by atoms with Gasteiger partial charge in [-0.05, 0) is 44.0 Å². The number of likely N-dealkylation sites (N-methyl/N-ethyl adjacent to an activating group) is 1. The number of nitrogens with zero attached hydrogens (tertiary/aromatic N) is 1. The van der Waals surface area contributed by atoms with Crippen molar-refractivity contribution in [3.8, 4) is 0 Å². The molecule has 0 amide bonds. The molecule has 0 spiro atoms. The average Bonchev–Trinajstić information content (AvgIpc) is 2.64. The van der Waals surface area contributed by atoms with E-state index in [-0.39, 0.29) is 6.10 Å². The number of aliphatic hydroxyl groups excluding tert-OH is 1. The Kier molecular flexibility index (Phi) is 4.00. The lowest BCUT2D eigenvalue weighted by molar-refractivity contribution is 0.0825. The lowest BCUT2D eigenvalue weighted by Gasteiger charge is -2.27. The molecule has 0 aromatic heterocycles. The summed E-state index contributed by atoms with van der Waals surface area (Å²) in [5, 5.41) is 9.84. The van der Waals surface area contributed by atoms with Gasteiger partial charge in [0.15, 0.2) is 0 Å². The van der Waals surface area contributed by atoms with Crippen LogP contribution < -0.4 is 0 Å². The minimum Gasteiger partial charge on any atom is -0.391 e. The molecule has 1 aromatic carbocycles. The van der Waals surface area contributed by atoms with Crippen molar-refractivity contribution in [3.63, 3.8) is 0 Å². The fourth-order valence-electron chi connectivity index (χ4n) is 2.48. The maximum atomic E-state index is 9.84. The highest BCUT2D eigenvalue weighted by molar-refractivity contribution is 9.10. The lowest BCUT2D eigenvalue weighted by Crippen LogP contribution is -2.36. The Morgan fingerprint density at radius 2 is 2.25 bits per heavy atom. The zero-order valence-electron chi connectivity index (χ0n) is 9.56. The largest absolute Gasteiger partial charge is 0.391 e. The van der Waals surface area contributed by atoms with Crippen LogP contribution in [0.1, 0.15) is 24.8 Å². The minimum atomic E-state index is -0.142. The van der Waals surface area contributed by atoms with Gasteiger partial charge in [0.05, 0.1) is 6.10 Å². The molecule has 16 heavy (non-hydrogen) atoms. The summed E-state index contributed by atoms with van der Waals surface area (Å²) >= 11 is 3.48. The van der Waals surface area contributed by atoms with Crippen molar-refractivity contribution in [2.24, 2.45) is 0 Å². The van der Waals surface area contributed by atoms with Crippen molar-refractivity contribution < 1.29 is 5.11 Å². The summed E-state index contributed by atoms with van der Waals surface area (Å²) < 4.78 is 1.12. The van der Waals surface area contributed by atoms with E-state index in [0.29, 0.717) is 6.04 Å². The average molecular weight is 284 g/mol. The molecular formula is C13H18BrNO. The van der Waals surface area contributed by atoms with Crippen LogP contribution in [0.25, 0.3) is 0 Å². The molecule has 1 aliphatic rings. The smallest absolute Gasteiger partial charge is 0.0695 e. The van der Waals surface area contributed by atoms with E-state index in [9.17, 15) is 5.11 Å². The molecule has 0 radical (unpaired) electrons. The molecule has 2 unspecified atom stereocenters. The molecule has 0 heterocycles. The van der Waals surface area contributed by atoms with Gasteiger partial charge < -0.3 is 5.11 Å². The van der Waals surface area contributed by atoms with Gasteiger partial charge in [-0.2, -0.15) is 0 Å². The predicted molar refractivity (Wildman–Crippen MR) is 69.3 cm³/mol. The van der Waals surface area contributed by atoms with E-state index in [1.165, 1.54) is 5.56 Å². The molecule has 2 rings (SSSR count). The van der Waals surface area contributed by atoms with E-state index < -0.39 is 0 Å². The Hall–Kier alpha value is -0.380. The van der Waals surface area contributed by atoms with Crippen molar-refractivity contribution in [3.05, 3.63) is 34.3 Å². The first-order valence-electron chi connectivity index (χ1n) is 5.79. The van der Waals surface area contributed by atoms with Crippen LogP contribution in [0, 0.1) is 0 Å². The van der Waals surface area contributed by atoms with E-state index in [2.05, 4.69) is 46.1 Å². The third-order valence-corrected chi connectivity index (χ3v) is 3.82. The predicted octanol–water partition coefficient (Wildman–Crippen LogP) is 2.79. The number of benzene rings is 1. The van der Waals surface area contributed by atoms with Crippen molar-refractivity contribution in [1.82, 2.24) is 4.90 Å². The molecule has 2 atom stereocenters. The van der Waals surface area contributed by atoms with Gasteiger partial charge in [0.25, 0.3) is 0 Å². The standard InChI is InChI=1S/C13H18BrNO/c1-15(12-6-3-7-13(12)16)9-10-4-2-5-11(14)8-10/h2,4-5,8,12-13,16H,3,6-7,9H2,1H3. The summed E-state index contributed by atoms with van der Waals surface area (Å²) in [5.41, 5.74) is 1.29. The molecule has 1 saturated carbocycles. The molecule has 0 bridgehead atoms. The van der Waals surface area contributed by atoms with Gasteiger partial charge in [-0.25, -0.2) is 0 Å². The Balaban J connectivity index is 1.99. The van der Waals surface area contributed by atoms with Gasteiger partial charge >= 0.3 is 0 Å². The molecule has 1 aliphatic carbocycles. The summed E-state index contributed by atoms with van der Waals surface area (Å²) in [4.78, 5) is 2.26. The third kappa shape index (κ3) is 2.84. The maximum absolute atomic E-state index is 9.84. The monoisotopic (exact) mass is 283 g/mol. The van der Waals surface area contributed by atoms with Crippen molar-refractivity contribution in [2.45, 2.75) is 38.0 Å². The number of halogens is 1. The molecule has 0 aliphatic heterocycles. The van der Waals surface area contributed by atoms with Gasteiger partial charge in [0.2, 0.25) is 0 Å². The van der Waals surface area contributed by atoms with Crippen LogP contribution in [0.5, 0.6) is 0 Å². The second-order valence-corrected chi connectivity index (χ2v) is 5.53. The number of aliphatic hydroxyl groups is 1. The Bertz CT molecular complexity index is 356. The number of hydrogen-bond donors (Lipinski definition) is 1. The number of hydrogen-bond acceptors (Lipinski definition) is 2. The highest BCUT2D eigenvalue weighted by Gasteiger charge is 2.28. The van der Waals surface area contributed by atoms with Crippen LogP contribution in [0.2, 0.25) is 0 Å². The Labute approximate surface area is 105 Å². The zero-order valence-corrected chi connectivity index (χ0v) is 11.2. The van der Waals surface area contributed by atoms with E-state index in [4.69, 9.17) is 0 Å². The SMILES string of the molecule is CN(Cc1cccc(Br)c1)C1CCCC1O. The molecule has 0 saturated heterocycles. The van der Waals surface area contributed by atoms with E-state index in [1.54, 1.807) is 0 Å². The highest BCUT2D eigenvalue weighted by Crippen LogP contribution is 2.24. The Morgan fingerprint density at radius 3 is 2.88 bits per heavy atom. The molecular weight excluding hydrogens is 266 g/mol. The summed E-state index contributed by atoms with van der Waals surface area (Å²) in [6.07, 6.45) is 3.07. The topological polar surface area (TPSA) is 23.5 Å². The lowest BCUT2D eigenvalue weighted by atomic mass is 10.1. The summed E-state index contributed by atoms with van der Waals surface area (Å²) in [7, 11) is 2.10. The summed E-state index contributed by atoms with van der Waals surface area (Å²) in [5.74, 6) is 0. The van der Waals surface area contributed by atoms with Gasteiger partial charge in [0, 0.05) is 17.1 Å². The summed E-state index contributed by atoms with van der Waals surface area (Å²) in [6, 6.07) is 8.69. The van der Waals surface area contributed by atoms with Crippen LogP contribution in [0.3, 0.4) is 0 Å². The third-order valence-electron chi connectivity index (χ3n) is 3.33. The minimum absolute atomic E-state index is 0.142. The van der Waals surface area contributed by atoms with Crippen LogP contribution in [-0.2, 0) is 6.54 Å². The van der Waals surface area contributed by atoms with Crippen molar-refractivity contribution in [1.29, 1.82) is 0 Å². The highest BCUT2D eigenvalue weighted by atomic mass is 79.9. The normalized spacial score (nSPS) is 25.2. The zero-order chi connectivity index (χ0) is 11.5. The number of rotatable bonds is 3. The van der Waals surface area contributed by atoms with Crippen molar-refractivity contribution >= 4 is 15.9 Å². The van der Waals surface area contributed by atoms with E-state index >= 15 is 0 Å². The second-order valence-electron chi connectivity index (χ2n) is 4.61. The molecule has 88 valence electrons. The van der Waals surface area contributed by atoms with Gasteiger partial charge in [0.1, 0.15) is 0 Å². The molecule has 1 fully saturated rings. The van der Waals surface area contributed by atoms with Gasteiger partial charge in [-0.1, -0.05) is 28.1 Å². The first-order chi connectivity index (χ1) is 7.66. The van der Waals surface area contributed by atoms with E-state index in [0.717, 1.165) is 30.3 Å². The first kappa shape index (κ1) is 12.1. The fourth-order valence-corrected chi connectivity index (χ4v) is 2.92. The van der Waals surface area contributed by atoms with Crippen LogP contribution >= 0.6 is 15.9 Å². The Morgan fingerprint density at radius 1 is 1.44 bits per heavy atom. The molecule has 2 nitrogen and oxygen atoms in total.